The van der Waals surface area contributed by atoms with Crippen molar-refractivity contribution >= 4 is 50.5 Å². The first-order valence-corrected chi connectivity index (χ1v) is 8.29. The lowest BCUT2D eigenvalue weighted by molar-refractivity contribution is -0.384. The zero-order valence-corrected chi connectivity index (χ0v) is 15.5. The van der Waals surface area contributed by atoms with Crippen LogP contribution >= 0.6 is 28.1 Å². The molecular formula is C16H14BrN3O4S. The Morgan fingerprint density at radius 1 is 1.28 bits per heavy atom. The van der Waals surface area contributed by atoms with Gasteiger partial charge in [-0.05, 0) is 55.0 Å². The minimum absolute atomic E-state index is 0.0131. The fourth-order valence-electron chi connectivity index (χ4n) is 1.90. The van der Waals surface area contributed by atoms with Crippen molar-refractivity contribution in [3.05, 3.63) is 62.6 Å². The molecule has 0 unspecified atom stereocenters. The largest absolute Gasteiger partial charge is 0.484 e. The van der Waals surface area contributed by atoms with E-state index in [0.717, 1.165) is 4.47 Å². The van der Waals surface area contributed by atoms with Crippen LogP contribution in [0.25, 0.3) is 0 Å². The second kappa shape index (κ2) is 8.54. The normalized spacial score (nSPS) is 10.0. The molecule has 0 radical (unpaired) electrons. The predicted molar refractivity (Wildman–Crippen MR) is 102 cm³/mol. The number of non-ortho nitro benzene ring substituents is 1. The van der Waals surface area contributed by atoms with Crippen LogP contribution in [0.5, 0.6) is 5.75 Å². The minimum Gasteiger partial charge on any atom is -0.484 e. The summed E-state index contributed by atoms with van der Waals surface area (Å²) in [5.41, 5.74) is 1.20. The second-order valence-electron chi connectivity index (χ2n) is 5.00. The number of hydrogen-bond acceptors (Lipinski definition) is 5. The number of ether oxygens (including phenoxy) is 1. The summed E-state index contributed by atoms with van der Waals surface area (Å²) >= 11 is 8.38. The Balaban J connectivity index is 1.86. The first-order chi connectivity index (χ1) is 11.8. The lowest BCUT2D eigenvalue weighted by atomic mass is 10.2. The number of nitrogens with one attached hydrogen (secondary N) is 2. The fourth-order valence-corrected chi connectivity index (χ4v) is 2.39. The molecule has 0 aliphatic carbocycles. The van der Waals surface area contributed by atoms with Gasteiger partial charge in [0.2, 0.25) is 0 Å². The average Bonchev–Trinajstić information content (AvgIpc) is 2.56. The van der Waals surface area contributed by atoms with E-state index in [1.807, 2.05) is 0 Å². The topological polar surface area (TPSA) is 93.5 Å². The molecule has 2 rings (SSSR count). The first-order valence-electron chi connectivity index (χ1n) is 7.09. The zero-order valence-electron chi connectivity index (χ0n) is 13.1. The quantitative estimate of drug-likeness (QED) is 0.433. The highest BCUT2D eigenvalue weighted by Crippen LogP contribution is 2.21. The van der Waals surface area contributed by atoms with E-state index in [2.05, 4.69) is 26.6 Å². The number of thiocarbonyl (C=S) groups is 1. The number of nitro benzene ring substituents is 1. The van der Waals surface area contributed by atoms with Crippen LogP contribution in [0.3, 0.4) is 0 Å². The number of halogens is 1. The van der Waals surface area contributed by atoms with Gasteiger partial charge in [0, 0.05) is 22.3 Å². The molecular weight excluding hydrogens is 410 g/mol. The minimum atomic E-state index is -0.476. The lowest BCUT2D eigenvalue weighted by Gasteiger charge is -2.12. The highest BCUT2D eigenvalue weighted by Gasteiger charge is 2.10. The van der Waals surface area contributed by atoms with Crippen LogP contribution < -0.4 is 15.4 Å². The Bertz CT molecular complexity index is 812. The van der Waals surface area contributed by atoms with Gasteiger partial charge < -0.3 is 10.1 Å². The van der Waals surface area contributed by atoms with Crippen LogP contribution in [-0.2, 0) is 4.79 Å². The van der Waals surface area contributed by atoms with Crippen molar-refractivity contribution in [3.8, 4) is 5.75 Å². The molecule has 7 nitrogen and oxygen atoms in total. The van der Waals surface area contributed by atoms with E-state index in [4.69, 9.17) is 17.0 Å². The first kappa shape index (κ1) is 18.8. The molecule has 0 fully saturated rings. The molecule has 1 amide bonds. The number of benzene rings is 2. The van der Waals surface area contributed by atoms with E-state index >= 15 is 0 Å². The summed E-state index contributed by atoms with van der Waals surface area (Å²) in [6.45, 7) is 1.51. The average molecular weight is 424 g/mol. The van der Waals surface area contributed by atoms with Gasteiger partial charge in [-0.15, -0.1) is 0 Å². The number of nitro groups is 1. The molecule has 2 aromatic rings. The summed E-state index contributed by atoms with van der Waals surface area (Å²) in [6.07, 6.45) is 0. The molecule has 0 aliphatic rings. The van der Waals surface area contributed by atoms with Gasteiger partial charge in [0.25, 0.3) is 11.6 Å². The van der Waals surface area contributed by atoms with Crippen LogP contribution in [0.15, 0.2) is 46.9 Å². The lowest BCUT2D eigenvalue weighted by Crippen LogP contribution is -2.37. The molecule has 25 heavy (non-hydrogen) atoms. The molecule has 0 bridgehead atoms. The Labute approximate surface area is 157 Å². The van der Waals surface area contributed by atoms with E-state index in [-0.39, 0.29) is 17.4 Å². The van der Waals surface area contributed by atoms with E-state index < -0.39 is 10.8 Å². The fraction of sp³-hybridized carbons (Fsp3) is 0.125. The van der Waals surface area contributed by atoms with Gasteiger partial charge in [0.15, 0.2) is 11.7 Å². The SMILES string of the molecule is Cc1cc([N+](=O)[O-])ccc1NC(=S)NC(=O)COc1ccc(Br)cc1. The van der Waals surface area contributed by atoms with E-state index in [1.165, 1.54) is 18.2 Å². The molecule has 0 spiro atoms. The van der Waals surface area contributed by atoms with Crippen LogP contribution in [-0.4, -0.2) is 22.5 Å². The molecule has 0 aliphatic heterocycles. The number of anilines is 1. The van der Waals surface area contributed by atoms with Crippen LogP contribution in [0.2, 0.25) is 0 Å². The van der Waals surface area contributed by atoms with Crippen molar-refractivity contribution in [3.63, 3.8) is 0 Å². The summed E-state index contributed by atoms with van der Waals surface area (Å²) in [4.78, 5) is 22.1. The van der Waals surface area contributed by atoms with Gasteiger partial charge in [0.05, 0.1) is 4.92 Å². The van der Waals surface area contributed by atoms with Crippen LogP contribution in [0, 0.1) is 17.0 Å². The summed E-state index contributed by atoms with van der Waals surface area (Å²) < 4.78 is 6.25. The Hall–Kier alpha value is -2.52. The van der Waals surface area contributed by atoms with E-state index in [1.54, 1.807) is 31.2 Å². The van der Waals surface area contributed by atoms with Gasteiger partial charge in [-0.2, -0.15) is 0 Å². The molecule has 0 heterocycles. The molecule has 0 atom stereocenters. The maximum atomic E-state index is 11.9. The molecule has 2 N–H and O–H groups in total. The molecule has 0 saturated heterocycles. The van der Waals surface area contributed by atoms with Gasteiger partial charge in [0.1, 0.15) is 5.75 Å². The van der Waals surface area contributed by atoms with E-state index in [9.17, 15) is 14.9 Å². The highest BCUT2D eigenvalue weighted by molar-refractivity contribution is 9.10. The standard InChI is InChI=1S/C16H14BrN3O4S/c1-10-8-12(20(22)23)4-7-14(10)18-16(25)19-15(21)9-24-13-5-2-11(17)3-6-13/h2-8H,9H2,1H3,(H2,18,19,21,25). The summed E-state index contributed by atoms with van der Waals surface area (Å²) in [6, 6.07) is 11.4. The van der Waals surface area contributed by atoms with Crippen LogP contribution in [0.4, 0.5) is 11.4 Å². The maximum absolute atomic E-state index is 11.9. The van der Waals surface area contributed by atoms with Gasteiger partial charge in [-0.1, -0.05) is 15.9 Å². The number of hydrogen-bond donors (Lipinski definition) is 2. The maximum Gasteiger partial charge on any atom is 0.269 e. The van der Waals surface area contributed by atoms with Crippen molar-refractivity contribution in [2.75, 3.05) is 11.9 Å². The number of aryl methyl sites for hydroxylation is 1. The number of carbonyl (C=O) groups excluding carboxylic acids is 1. The molecule has 130 valence electrons. The molecule has 9 heteroatoms. The predicted octanol–water partition coefficient (Wildman–Crippen LogP) is 3.56. The summed E-state index contributed by atoms with van der Waals surface area (Å²) in [5, 5.41) is 16.1. The smallest absolute Gasteiger partial charge is 0.269 e. The summed E-state index contributed by atoms with van der Waals surface area (Å²) in [7, 11) is 0. The summed E-state index contributed by atoms with van der Waals surface area (Å²) in [5.74, 6) is 0.142. The van der Waals surface area contributed by atoms with Crippen molar-refractivity contribution in [2.45, 2.75) is 6.92 Å². The van der Waals surface area contributed by atoms with Crippen molar-refractivity contribution in [2.24, 2.45) is 0 Å². The third-order valence-corrected chi connectivity index (χ3v) is 3.84. The highest BCUT2D eigenvalue weighted by atomic mass is 79.9. The molecule has 2 aromatic carbocycles. The van der Waals surface area contributed by atoms with Crippen molar-refractivity contribution < 1.29 is 14.5 Å². The van der Waals surface area contributed by atoms with Gasteiger partial charge in [-0.3, -0.25) is 20.2 Å². The van der Waals surface area contributed by atoms with Gasteiger partial charge >= 0.3 is 0 Å². The van der Waals surface area contributed by atoms with Gasteiger partial charge in [-0.25, -0.2) is 0 Å². The Kier molecular flexibility index (Phi) is 6.43. The number of nitrogens with zero attached hydrogens (tertiary/aromatic N) is 1. The number of amides is 1. The Morgan fingerprint density at radius 3 is 2.56 bits per heavy atom. The zero-order chi connectivity index (χ0) is 18.4. The number of carbonyl (C=O) groups is 1. The molecule has 0 saturated carbocycles. The van der Waals surface area contributed by atoms with Crippen molar-refractivity contribution in [1.82, 2.24) is 5.32 Å². The third-order valence-electron chi connectivity index (χ3n) is 3.11. The molecule has 0 aromatic heterocycles. The third kappa shape index (κ3) is 5.80. The number of rotatable bonds is 5. The second-order valence-corrected chi connectivity index (χ2v) is 6.33. The Morgan fingerprint density at radius 2 is 1.96 bits per heavy atom. The monoisotopic (exact) mass is 423 g/mol. The van der Waals surface area contributed by atoms with E-state index in [0.29, 0.717) is 17.0 Å². The van der Waals surface area contributed by atoms with Crippen LogP contribution in [0.1, 0.15) is 5.56 Å². The van der Waals surface area contributed by atoms with Crippen molar-refractivity contribution in [1.29, 1.82) is 0 Å².